The topological polar surface area (TPSA) is 24.5 Å². The average Bonchev–Trinajstić information content (AvgIpc) is 2.73. The fraction of sp³-hybridized carbons (Fsp3) is 0.600. The molecule has 98 valence electrons. The first-order chi connectivity index (χ1) is 8.90. The molecule has 1 N–H and O–H groups in total. The molecular weight excluding hydrogens is 224 g/mol. The van der Waals surface area contributed by atoms with Crippen molar-refractivity contribution in [3.05, 3.63) is 30.3 Å². The Balaban J connectivity index is 1.43. The van der Waals surface area contributed by atoms with E-state index in [0.29, 0.717) is 6.04 Å². The van der Waals surface area contributed by atoms with Crippen molar-refractivity contribution in [1.82, 2.24) is 10.2 Å². The largest absolute Gasteiger partial charge is 0.492 e. The van der Waals surface area contributed by atoms with Crippen molar-refractivity contribution in [3.63, 3.8) is 0 Å². The van der Waals surface area contributed by atoms with Gasteiger partial charge in [0.05, 0.1) is 0 Å². The Labute approximate surface area is 109 Å². The number of nitrogens with zero attached hydrogens (tertiary/aromatic N) is 1. The van der Waals surface area contributed by atoms with Crippen molar-refractivity contribution in [2.45, 2.75) is 31.3 Å². The second kappa shape index (κ2) is 5.72. The van der Waals surface area contributed by atoms with Crippen molar-refractivity contribution < 1.29 is 4.74 Å². The summed E-state index contributed by atoms with van der Waals surface area (Å²) in [6.07, 6.45) is 4.02. The maximum atomic E-state index is 5.77. The van der Waals surface area contributed by atoms with Gasteiger partial charge in [0.1, 0.15) is 12.4 Å². The molecule has 0 amide bonds. The smallest absolute Gasteiger partial charge is 0.119 e. The molecule has 2 bridgehead atoms. The third-order valence-electron chi connectivity index (χ3n) is 4.03. The minimum atomic E-state index is 0.717. The van der Waals surface area contributed by atoms with E-state index in [4.69, 9.17) is 4.74 Å². The number of fused-ring (bicyclic) bond motifs is 2. The molecule has 0 aromatic heterocycles. The van der Waals surface area contributed by atoms with Crippen LogP contribution in [-0.4, -0.2) is 43.2 Å². The second-order valence-electron chi connectivity index (χ2n) is 5.39. The molecule has 2 aliphatic heterocycles. The average molecular weight is 246 g/mol. The highest BCUT2D eigenvalue weighted by Crippen LogP contribution is 2.20. The molecule has 1 aromatic rings. The normalized spacial score (nSPS) is 28.0. The van der Waals surface area contributed by atoms with E-state index >= 15 is 0 Å². The van der Waals surface area contributed by atoms with Crippen LogP contribution in [0.2, 0.25) is 0 Å². The Kier molecular flexibility index (Phi) is 3.81. The van der Waals surface area contributed by atoms with Gasteiger partial charge in [0.25, 0.3) is 0 Å². The van der Waals surface area contributed by atoms with Gasteiger partial charge in [0, 0.05) is 25.2 Å². The fourth-order valence-corrected chi connectivity index (χ4v) is 3.03. The zero-order valence-corrected chi connectivity index (χ0v) is 10.8. The van der Waals surface area contributed by atoms with Crippen LogP contribution in [0.1, 0.15) is 19.3 Å². The summed E-state index contributed by atoms with van der Waals surface area (Å²) in [6.45, 7) is 4.24. The first-order valence-electron chi connectivity index (χ1n) is 7.06. The summed E-state index contributed by atoms with van der Waals surface area (Å²) in [4.78, 5) is 2.54. The van der Waals surface area contributed by atoms with Crippen molar-refractivity contribution in [2.75, 3.05) is 26.2 Å². The molecule has 2 aliphatic rings. The van der Waals surface area contributed by atoms with Crippen molar-refractivity contribution in [3.8, 4) is 5.75 Å². The highest BCUT2D eigenvalue weighted by atomic mass is 16.5. The molecular formula is C15H22N2O. The Morgan fingerprint density at radius 1 is 1.11 bits per heavy atom. The van der Waals surface area contributed by atoms with Crippen LogP contribution < -0.4 is 10.1 Å². The minimum absolute atomic E-state index is 0.717. The summed E-state index contributed by atoms with van der Waals surface area (Å²) >= 11 is 0. The van der Waals surface area contributed by atoms with Crippen LogP contribution in [0.15, 0.2) is 30.3 Å². The van der Waals surface area contributed by atoms with Gasteiger partial charge in [0.15, 0.2) is 0 Å². The molecule has 3 heteroatoms. The van der Waals surface area contributed by atoms with Crippen LogP contribution in [-0.2, 0) is 0 Å². The monoisotopic (exact) mass is 246 g/mol. The Morgan fingerprint density at radius 2 is 1.94 bits per heavy atom. The molecule has 1 aromatic carbocycles. The summed E-state index contributed by atoms with van der Waals surface area (Å²) in [5.74, 6) is 0.979. The van der Waals surface area contributed by atoms with E-state index in [0.717, 1.165) is 24.9 Å². The van der Waals surface area contributed by atoms with E-state index in [9.17, 15) is 0 Å². The van der Waals surface area contributed by atoms with Crippen LogP contribution in [0.3, 0.4) is 0 Å². The maximum Gasteiger partial charge on any atom is 0.119 e. The molecule has 2 atom stereocenters. The summed E-state index contributed by atoms with van der Waals surface area (Å²) in [6, 6.07) is 11.6. The first kappa shape index (κ1) is 12.0. The number of hydrogen-bond donors (Lipinski definition) is 1. The van der Waals surface area contributed by atoms with Gasteiger partial charge >= 0.3 is 0 Å². The third kappa shape index (κ3) is 3.03. The van der Waals surface area contributed by atoms with Gasteiger partial charge in [-0.3, -0.25) is 4.90 Å². The Hall–Kier alpha value is -1.06. The van der Waals surface area contributed by atoms with E-state index in [1.54, 1.807) is 0 Å². The van der Waals surface area contributed by atoms with Crippen molar-refractivity contribution >= 4 is 0 Å². The number of rotatable bonds is 4. The van der Waals surface area contributed by atoms with Crippen molar-refractivity contribution in [2.24, 2.45) is 0 Å². The molecule has 0 spiro atoms. The number of benzene rings is 1. The molecule has 2 saturated heterocycles. The molecule has 2 fully saturated rings. The van der Waals surface area contributed by atoms with Crippen LogP contribution in [0, 0.1) is 0 Å². The van der Waals surface area contributed by atoms with Gasteiger partial charge in [-0.15, -0.1) is 0 Å². The standard InChI is InChI=1S/C15H22N2O/c1-2-4-15(5-3-1)18-11-10-17-9-8-13-6-7-14(12-17)16-13/h1-5,13-14,16H,6-12H2. The van der Waals surface area contributed by atoms with E-state index in [-0.39, 0.29) is 0 Å². The van der Waals surface area contributed by atoms with Crippen LogP contribution in [0.25, 0.3) is 0 Å². The fourth-order valence-electron chi connectivity index (χ4n) is 3.03. The minimum Gasteiger partial charge on any atom is -0.492 e. The number of hydrogen-bond acceptors (Lipinski definition) is 3. The molecule has 3 nitrogen and oxygen atoms in total. The predicted octanol–water partition coefficient (Wildman–Crippen LogP) is 1.89. The van der Waals surface area contributed by atoms with E-state index in [1.807, 2.05) is 30.3 Å². The summed E-state index contributed by atoms with van der Waals surface area (Å²) < 4.78 is 5.77. The lowest BCUT2D eigenvalue weighted by molar-refractivity contribution is 0.201. The van der Waals surface area contributed by atoms with Crippen LogP contribution >= 0.6 is 0 Å². The zero-order valence-electron chi connectivity index (χ0n) is 10.8. The van der Waals surface area contributed by atoms with Crippen molar-refractivity contribution in [1.29, 1.82) is 0 Å². The number of ether oxygens (including phenoxy) is 1. The summed E-state index contributed by atoms with van der Waals surface area (Å²) in [5.41, 5.74) is 0. The van der Waals surface area contributed by atoms with E-state index < -0.39 is 0 Å². The molecule has 18 heavy (non-hydrogen) atoms. The molecule has 0 radical (unpaired) electrons. The van der Waals surface area contributed by atoms with Gasteiger partial charge in [-0.1, -0.05) is 18.2 Å². The number of para-hydroxylation sites is 1. The van der Waals surface area contributed by atoms with Gasteiger partial charge in [0.2, 0.25) is 0 Å². The molecule has 2 unspecified atom stereocenters. The highest BCUT2D eigenvalue weighted by molar-refractivity contribution is 5.20. The van der Waals surface area contributed by atoms with E-state index in [2.05, 4.69) is 10.2 Å². The molecule has 0 saturated carbocycles. The summed E-state index contributed by atoms with van der Waals surface area (Å²) in [7, 11) is 0. The van der Waals surface area contributed by atoms with Gasteiger partial charge in [-0.25, -0.2) is 0 Å². The van der Waals surface area contributed by atoms with E-state index in [1.165, 1.54) is 32.4 Å². The highest BCUT2D eigenvalue weighted by Gasteiger charge is 2.28. The van der Waals surface area contributed by atoms with Gasteiger partial charge < -0.3 is 10.1 Å². The molecule has 0 aliphatic carbocycles. The predicted molar refractivity (Wildman–Crippen MR) is 72.9 cm³/mol. The van der Waals surface area contributed by atoms with Gasteiger partial charge in [-0.05, 0) is 37.9 Å². The SMILES string of the molecule is c1ccc(OCCN2CCC3CCC(C2)N3)cc1. The molecule has 3 rings (SSSR count). The quantitative estimate of drug-likeness (QED) is 0.878. The third-order valence-corrected chi connectivity index (χ3v) is 4.03. The lowest BCUT2D eigenvalue weighted by Crippen LogP contribution is -2.37. The van der Waals surface area contributed by atoms with Gasteiger partial charge in [-0.2, -0.15) is 0 Å². The zero-order chi connectivity index (χ0) is 12.2. The molecule has 2 heterocycles. The van der Waals surface area contributed by atoms with Crippen LogP contribution in [0.5, 0.6) is 5.75 Å². The lowest BCUT2D eigenvalue weighted by atomic mass is 10.1. The summed E-state index contributed by atoms with van der Waals surface area (Å²) in [5, 5.41) is 3.71. The number of nitrogens with one attached hydrogen (secondary N) is 1. The Morgan fingerprint density at radius 3 is 2.83 bits per heavy atom. The maximum absolute atomic E-state index is 5.77. The lowest BCUT2D eigenvalue weighted by Gasteiger charge is -2.23. The number of likely N-dealkylation sites (tertiary alicyclic amines) is 1. The Bertz CT molecular complexity index is 368. The van der Waals surface area contributed by atoms with Crippen LogP contribution in [0.4, 0.5) is 0 Å². The second-order valence-corrected chi connectivity index (χ2v) is 5.39. The first-order valence-corrected chi connectivity index (χ1v) is 7.06.